The average molecular weight is 142 g/mol. The van der Waals surface area contributed by atoms with Crippen molar-refractivity contribution >= 4 is 5.97 Å². The molecule has 0 radical (unpaired) electrons. The summed E-state index contributed by atoms with van der Waals surface area (Å²) in [5.41, 5.74) is 0.661. The van der Waals surface area contributed by atoms with E-state index in [1.54, 1.807) is 13.0 Å². The molecule has 0 heterocycles. The van der Waals surface area contributed by atoms with Gasteiger partial charge in [0.25, 0.3) is 0 Å². The Balaban J connectivity index is 3.86. The van der Waals surface area contributed by atoms with Gasteiger partial charge >= 0.3 is 5.97 Å². The summed E-state index contributed by atoms with van der Waals surface area (Å²) in [6, 6.07) is 0. The summed E-state index contributed by atoms with van der Waals surface area (Å²) in [7, 11) is 0. The lowest BCUT2D eigenvalue weighted by atomic mass is 10.3. The number of carbonyl (C=O) groups excluding carboxylic acids is 1. The monoisotopic (exact) mass is 142 g/mol. The van der Waals surface area contributed by atoms with Crippen molar-refractivity contribution in [3.63, 3.8) is 0 Å². The Morgan fingerprint density at radius 1 is 1.50 bits per heavy atom. The third-order valence-electron chi connectivity index (χ3n) is 1.10. The fourth-order valence-electron chi connectivity index (χ4n) is 0.425. The summed E-state index contributed by atoms with van der Waals surface area (Å²) >= 11 is 0. The first-order valence-corrected chi connectivity index (χ1v) is 3.41. The third kappa shape index (κ3) is 3.28. The van der Waals surface area contributed by atoms with E-state index in [2.05, 4.69) is 0 Å². The molecule has 0 aliphatic rings. The van der Waals surface area contributed by atoms with Crippen molar-refractivity contribution in [2.24, 2.45) is 0 Å². The lowest BCUT2D eigenvalue weighted by molar-refractivity contribution is -0.142. The van der Waals surface area contributed by atoms with Gasteiger partial charge in [0.05, 0.1) is 6.10 Å². The molecule has 0 bridgehead atoms. The highest BCUT2D eigenvalue weighted by molar-refractivity contribution is 5.87. The zero-order valence-corrected chi connectivity index (χ0v) is 6.97. The number of allylic oxidation sites excluding steroid dienone is 1. The van der Waals surface area contributed by atoms with Crippen molar-refractivity contribution in [1.82, 2.24) is 0 Å². The van der Waals surface area contributed by atoms with Gasteiger partial charge in [-0.25, -0.2) is 4.79 Å². The predicted molar refractivity (Wildman–Crippen MR) is 40.7 cm³/mol. The molecule has 0 rings (SSSR count). The summed E-state index contributed by atoms with van der Waals surface area (Å²) < 4.78 is 4.90. The summed E-state index contributed by atoms with van der Waals surface area (Å²) in [4.78, 5) is 10.9. The lowest BCUT2D eigenvalue weighted by Crippen LogP contribution is -2.11. The van der Waals surface area contributed by atoms with Crippen molar-refractivity contribution in [2.45, 2.75) is 33.8 Å². The van der Waals surface area contributed by atoms with Crippen LogP contribution in [0.5, 0.6) is 0 Å². The van der Waals surface area contributed by atoms with Crippen LogP contribution in [-0.2, 0) is 9.53 Å². The van der Waals surface area contributed by atoms with Crippen molar-refractivity contribution in [3.05, 3.63) is 11.6 Å². The van der Waals surface area contributed by atoms with E-state index in [1.807, 2.05) is 20.8 Å². The Kier molecular flexibility index (Phi) is 3.77. The fourth-order valence-corrected chi connectivity index (χ4v) is 0.425. The van der Waals surface area contributed by atoms with Crippen LogP contribution in [0, 0.1) is 0 Å². The van der Waals surface area contributed by atoms with Gasteiger partial charge in [0.2, 0.25) is 0 Å². The molecule has 2 heteroatoms. The minimum Gasteiger partial charge on any atom is -0.460 e. The number of hydrogen-bond donors (Lipinski definition) is 0. The Morgan fingerprint density at radius 2 is 2.00 bits per heavy atom. The Bertz CT molecular complexity index is 145. The van der Waals surface area contributed by atoms with Crippen LogP contribution in [0.4, 0.5) is 0 Å². The van der Waals surface area contributed by atoms with E-state index in [1.165, 1.54) is 0 Å². The van der Waals surface area contributed by atoms with Crippen LogP contribution >= 0.6 is 0 Å². The molecule has 0 aliphatic carbocycles. The zero-order chi connectivity index (χ0) is 8.15. The number of ether oxygens (including phenoxy) is 1. The van der Waals surface area contributed by atoms with Gasteiger partial charge < -0.3 is 4.74 Å². The Labute approximate surface area is 61.9 Å². The van der Waals surface area contributed by atoms with E-state index < -0.39 is 0 Å². The first kappa shape index (κ1) is 9.21. The molecule has 0 atom stereocenters. The quantitative estimate of drug-likeness (QED) is 0.435. The van der Waals surface area contributed by atoms with Gasteiger partial charge in [0, 0.05) is 5.57 Å². The predicted octanol–water partition coefficient (Wildman–Crippen LogP) is 1.90. The van der Waals surface area contributed by atoms with Gasteiger partial charge in [-0.15, -0.1) is 0 Å². The van der Waals surface area contributed by atoms with E-state index in [9.17, 15) is 4.79 Å². The molecule has 0 N–H and O–H groups in total. The van der Waals surface area contributed by atoms with Gasteiger partial charge in [-0.1, -0.05) is 6.08 Å². The lowest BCUT2D eigenvalue weighted by Gasteiger charge is -2.06. The Morgan fingerprint density at radius 3 is 2.30 bits per heavy atom. The van der Waals surface area contributed by atoms with Gasteiger partial charge in [-0.05, 0) is 27.7 Å². The van der Waals surface area contributed by atoms with Gasteiger partial charge in [0.15, 0.2) is 0 Å². The second-order valence-corrected chi connectivity index (χ2v) is 2.43. The summed E-state index contributed by atoms with van der Waals surface area (Å²) in [6.07, 6.45) is 1.72. The second-order valence-electron chi connectivity index (χ2n) is 2.43. The molecule has 2 nitrogen and oxygen atoms in total. The van der Waals surface area contributed by atoms with Crippen LogP contribution in [-0.4, -0.2) is 12.1 Å². The molecule has 58 valence electrons. The number of hydrogen-bond acceptors (Lipinski definition) is 2. The van der Waals surface area contributed by atoms with E-state index in [0.717, 1.165) is 0 Å². The van der Waals surface area contributed by atoms with E-state index in [4.69, 9.17) is 4.74 Å². The maximum atomic E-state index is 10.9. The molecule has 0 saturated carbocycles. The van der Waals surface area contributed by atoms with Gasteiger partial charge in [-0.2, -0.15) is 0 Å². The number of rotatable bonds is 2. The molecule has 0 amide bonds. The summed E-state index contributed by atoms with van der Waals surface area (Å²) in [5, 5.41) is 0. The molecule has 0 saturated heterocycles. The van der Waals surface area contributed by atoms with Crippen molar-refractivity contribution in [3.8, 4) is 0 Å². The van der Waals surface area contributed by atoms with E-state index in [-0.39, 0.29) is 12.1 Å². The summed E-state index contributed by atoms with van der Waals surface area (Å²) in [6.45, 7) is 7.23. The van der Waals surface area contributed by atoms with Crippen LogP contribution in [0.3, 0.4) is 0 Å². The maximum absolute atomic E-state index is 10.9. The average Bonchev–Trinajstić information content (AvgIpc) is 1.85. The summed E-state index contributed by atoms with van der Waals surface area (Å²) in [5.74, 6) is -0.225. The maximum Gasteiger partial charge on any atom is 0.333 e. The molecule has 0 aromatic heterocycles. The topological polar surface area (TPSA) is 26.3 Å². The largest absolute Gasteiger partial charge is 0.460 e. The van der Waals surface area contributed by atoms with Crippen LogP contribution in [0.1, 0.15) is 27.7 Å². The molecule has 10 heavy (non-hydrogen) atoms. The number of carbonyl (C=O) groups is 1. The molecular weight excluding hydrogens is 128 g/mol. The SMILES string of the molecule is C/C=C(\C)C(=O)OC(C)C. The highest BCUT2D eigenvalue weighted by Crippen LogP contribution is 1.98. The molecule has 0 unspecified atom stereocenters. The minimum atomic E-state index is -0.225. The molecule has 0 aromatic carbocycles. The normalized spacial score (nSPS) is 11.9. The first-order valence-electron chi connectivity index (χ1n) is 3.41. The van der Waals surface area contributed by atoms with Crippen LogP contribution in [0.25, 0.3) is 0 Å². The minimum absolute atomic E-state index is 0.0256. The van der Waals surface area contributed by atoms with Crippen LogP contribution in [0.15, 0.2) is 11.6 Å². The van der Waals surface area contributed by atoms with Crippen LogP contribution in [0.2, 0.25) is 0 Å². The standard InChI is InChI=1S/C8H14O2/c1-5-7(4)8(9)10-6(2)3/h5-6H,1-4H3/b7-5+. The van der Waals surface area contributed by atoms with Crippen molar-refractivity contribution in [1.29, 1.82) is 0 Å². The molecule has 0 aromatic rings. The van der Waals surface area contributed by atoms with Crippen molar-refractivity contribution in [2.75, 3.05) is 0 Å². The molecule has 0 fully saturated rings. The zero-order valence-electron chi connectivity index (χ0n) is 6.97. The smallest absolute Gasteiger partial charge is 0.333 e. The van der Waals surface area contributed by atoms with Gasteiger partial charge in [-0.3, -0.25) is 0 Å². The van der Waals surface area contributed by atoms with E-state index in [0.29, 0.717) is 5.57 Å². The second kappa shape index (κ2) is 4.09. The van der Waals surface area contributed by atoms with Crippen molar-refractivity contribution < 1.29 is 9.53 Å². The van der Waals surface area contributed by atoms with Crippen LogP contribution < -0.4 is 0 Å². The fraction of sp³-hybridized carbons (Fsp3) is 0.625. The molecule has 0 spiro atoms. The molecular formula is C8H14O2. The molecule has 0 aliphatic heterocycles. The highest BCUT2D eigenvalue weighted by Gasteiger charge is 2.05. The van der Waals surface area contributed by atoms with Gasteiger partial charge in [0.1, 0.15) is 0 Å². The third-order valence-corrected chi connectivity index (χ3v) is 1.10. The highest BCUT2D eigenvalue weighted by atomic mass is 16.5. The number of esters is 1. The Hall–Kier alpha value is -0.790. The first-order chi connectivity index (χ1) is 4.57. The van der Waals surface area contributed by atoms with E-state index >= 15 is 0 Å².